The van der Waals surface area contributed by atoms with Gasteiger partial charge in [-0.05, 0) is 50.5 Å². The molecule has 21 heavy (non-hydrogen) atoms. The fourth-order valence-electron chi connectivity index (χ4n) is 3.06. The molecule has 0 aliphatic carbocycles. The Morgan fingerprint density at radius 3 is 2.95 bits per heavy atom. The minimum absolute atomic E-state index is 0.791. The minimum Gasteiger partial charge on any atom is -0.399 e. The van der Waals surface area contributed by atoms with Crippen molar-refractivity contribution in [3.8, 4) is 0 Å². The summed E-state index contributed by atoms with van der Waals surface area (Å²) in [6, 6.07) is 6.18. The number of benzene rings is 1. The van der Waals surface area contributed by atoms with Crippen LogP contribution in [0.15, 0.2) is 18.2 Å². The second-order valence-electron chi connectivity index (χ2n) is 5.58. The zero-order valence-corrected chi connectivity index (χ0v) is 13.3. The zero-order chi connectivity index (χ0) is 15.0. The fourth-order valence-corrected chi connectivity index (χ4v) is 3.26. The SMILES string of the molecule is CCn1nc(C)c(Cl)c1CN1CCCc2cc(N)ccc21. The smallest absolute Gasteiger partial charge is 0.0865 e. The maximum atomic E-state index is 6.43. The summed E-state index contributed by atoms with van der Waals surface area (Å²) in [6.07, 6.45) is 2.24. The average molecular weight is 305 g/mol. The van der Waals surface area contributed by atoms with E-state index in [1.807, 2.05) is 17.7 Å². The van der Waals surface area contributed by atoms with Crippen molar-refractivity contribution in [2.24, 2.45) is 0 Å². The highest BCUT2D eigenvalue weighted by atomic mass is 35.5. The van der Waals surface area contributed by atoms with Crippen molar-refractivity contribution in [2.75, 3.05) is 17.2 Å². The predicted molar refractivity (Wildman–Crippen MR) is 87.9 cm³/mol. The number of aryl methyl sites for hydroxylation is 3. The molecule has 5 heteroatoms. The van der Waals surface area contributed by atoms with Crippen molar-refractivity contribution in [1.82, 2.24) is 9.78 Å². The standard InChI is InChI=1S/C16H21ClN4/c1-3-21-15(16(17)11(2)19-21)10-20-8-4-5-12-9-13(18)6-7-14(12)20/h6-7,9H,3-5,8,10,18H2,1-2H3. The molecule has 0 fully saturated rings. The summed E-state index contributed by atoms with van der Waals surface area (Å²) in [4.78, 5) is 2.38. The maximum Gasteiger partial charge on any atom is 0.0865 e. The number of nitrogens with two attached hydrogens (primary N) is 1. The van der Waals surface area contributed by atoms with Crippen LogP contribution in [0.5, 0.6) is 0 Å². The maximum absolute atomic E-state index is 6.43. The molecule has 112 valence electrons. The molecule has 0 saturated heterocycles. The predicted octanol–water partition coefficient (Wildman–Crippen LogP) is 3.40. The van der Waals surface area contributed by atoms with Crippen molar-refractivity contribution < 1.29 is 0 Å². The molecule has 4 nitrogen and oxygen atoms in total. The highest BCUT2D eigenvalue weighted by molar-refractivity contribution is 6.31. The van der Waals surface area contributed by atoms with Gasteiger partial charge in [0.1, 0.15) is 0 Å². The van der Waals surface area contributed by atoms with Gasteiger partial charge in [0.05, 0.1) is 23.0 Å². The van der Waals surface area contributed by atoms with Crippen molar-refractivity contribution in [3.63, 3.8) is 0 Å². The van der Waals surface area contributed by atoms with E-state index >= 15 is 0 Å². The highest BCUT2D eigenvalue weighted by Crippen LogP contribution is 2.31. The van der Waals surface area contributed by atoms with Crippen molar-refractivity contribution in [1.29, 1.82) is 0 Å². The van der Waals surface area contributed by atoms with Crippen LogP contribution in [-0.4, -0.2) is 16.3 Å². The molecule has 0 saturated carbocycles. The Kier molecular flexibility index (Phi) is 3.81. The van der Waals surface area contributed by atoms with E-state index in [2.05, 4.69) is 29.1 Å². The normalized spacial score (nSPS) is 14.3. The second kappa shape index (κ2) is 5.60. The summed E-state index contributed by atoms with van der Waals surface area (Å²) in [6.45, 7) is 6.73. The lowest BCUT2D eigenvalue weighted by molar-refractivity contribution is 0.595. The zero-order valence-electron chi connectivity index (χ0n) is 12.6. The number of nitrogens with zero attached hydrogens (tertiary/aromatic N) is 3. The minimum atomic E-state index is 0.791. The summed E-state index contributed by atoms with van der Waals surface area (Å²) in [7, 11) is 0. The number of halogens is 1. The molecule has 1 aliphatic rings. The van der Waals surface area contributed by atoms with Crippen LogP contribution < -0.4 is 10.6 Å². The van der Waals surface area contributed by atoms with Crippen molar-refractivity contribution in [2.45, 2.75) is 39.8 Å². The van der Waals surface area contributed by atoms with Crippen LogP contribution in [0.2, 0.25) is 5.02 Å². The third-order valence-electron chi connectivity index (χ3n) is 4.11. The van der Waals surface area contributed by atoms with Crippen LogP contribution in [-0.2, 0) is 19.5 Å². The van der Waals surface area contributed by atoms with Crippen molar-refractivity contribution in [3.05, 3.63) is 40.2 Å². The van der Waals surface area contributed by atoms with Crippen LogP contribution in [0.4, 0.5) is 11.4 Å². The molecule has 0 radical (unpaired) electrons. The number of anilines is 2. The van der Waals surface area contributed by atoms with Gasteiger partial charge in [0.15, 0.2) is 0 Å². The first-order valence-electron chi connectivity index (χ1n) is 7.45. The molecule has 2 heterocycles. The van der Waals surface area contributed by atoms with Gasteiger partial charge in [-0.3, -0.25) is 4.68 Å². The largest absolute Gasteiger partial charge is 0.399 e. The van der Waals surface area contributed by atoms with E-state index in [0.717, 1.165) is 54.6 Å². The summed E-state index contributed by atoms with van der Waals surface area (Å²) >= 11 is 6.43. The fraction of sp³-hybridized carbons (Fsp3) is 0.438. The summed E-state index contributed by atoms with van der Waals surface area (Å²) in [5, 5.41) is 5.29. The molecule has 0 bridgehead atoms. The molecular formula is C16H21ClN4. The molecule has 0 amide bonds. The molecule has 3 rings (SSSR count). The Labute approximate surface area is 130 Å². The second-order valence-corrected chi connectivity index (χ2v) is 5.95. The van der Waals surface area contributed by atoms with Crippen molar-refractivity contribution >= 4 is 23.0 Å². The summed E-state index contributed by atoms with van der Waals surface area (Å²) in [5.74, 6) is 0. The third-order valence-corrected chi connectivity index (χ3v) is 4.60. The molecular weight excluding hydrogens is 284 g/mol. The summed E-state index contributed by atoms with van der Waals surface area (Å²) < 4.78 is 2.00. The van der Waals surface area contributed by atoms with Crippen LogP contribution in [0.3, 0.4) is 0 Å². The van der Waals surface area contributed by atoms with E-state index < -0.39 is 0 Å². The molecule has 0 atom stereocenters. The monoisotopic (exact) mass is 304 g/mol. The molecule has 2 aromatic rings. The Balaban J connectivity index is 1.94. The van der Waals surface area contributed by atoms with Crippen LogP contribution >= 0.6 is 11.6 Å². The molecule has 1 aromatic heterocycles. The lowest BCUT2D eigenvalue weighted by atomic mass is 10.0. The Morgan fingerprint density at radius 1 is 1.38 bits per heavy atom. The quantitative estimate of drug-likeness (QED) is 0.884. The third kappa shape index (κ3) is 2.60. The van der Waals surface area contributed by atoms with E-state index in [0.29, 0.717) is 0 Å². The Bertz CT molecular complexity index is 663. The first-order valence-corrected chi connectivity index (χ1v) is 7.83. The van der Waals surface area contributed by atoms with Gasteiger partial charge in [0.25, 0.3) is 0 Å². The molecule has 0 unspecified atom stereocenters. The first kappa shape index (κ1) is 14.3. The lowest BCUT2D eigenvalue weighted by Gasteiger charge is -2.31. The van der Waals surface area contributed by atoms with Gasteiger partial charge in [0, 0.05) is 24.5 Å². The average Bonchev–Trinajstić information content (AvgIpc) is 2.75. The Morgan fingerprint density at radius 2 is 2.19 bits per heavy atom. The van der Waals surface area contributed by atoms with E-state index in [4.69, 9.17) is 17.3 Å². The van der Waals surface area contributed by atoms with Gasteiger partial charge < -0.3 is 10.6 Å². The number of aromatic nitrogens is 2. The first-order chi connectivity index (χ1) is 10.1. The van der Waals surface area contributed by atoms with E-state index in [-0.39, 0.29) is 0 Å². The van der Waals surface area contributed by atoms with Gasteiger partial charge in [0.2, 0.25) is 0 Å². The summed E-state index contributed by atoms with van der Waals surface area (Å²) in [5.41, 5.74) is 11.3. The lowest BCUT2D eigenvalue weighted by Crippen LogP contribution is -2.30. The Hall–Kier alpha value is -1.68. The molecule has 1 aliphatic heterocycles. The van der Waals surface area contributed by atoms with Crippen LogP contribution in [0.1, 0.15) is 30.3 Å². The van der Waals surface area contributed by atoms with Gasteiger partial charge >= 0.3 is 0 Å². The van der Waals surface area contributed by atoms with E-state index in [1.165, 1.54) is 11.3 Å². The number of hydrogen-bond donors (Lipinski definition) is 1. The van der Waals surface area contributed by atoms with Crippen LogP contribution in [0, 0.1) is 6.92 Å². The van der Waals surface area contributed by atoms with Gasteiger partial charge in [-0.1, -0.05) is 11.6 Å². The van der Waals surface area contributed by atoms with Gasteiger partial charge in [-0.2, -0.15) is 5.10 Å². The number of fused-ring (bicyclic) bond motifs is 1. The highest BCUT2D eigenvalue weighted by Gasteiger charge is 2.21. The number of rotatable bonds is 3. The topological polar surface area (TPSA) is 47.1 Å². The number of hydrogen-bond acceptors (Lipinski definition) is 3. The molecule has 0 spiro atoms. The van der Waals surface area contributed by atoms with Gasteiger partial charge in [-0.25, -0.2) is 0 Å². The van der Waals surface area contributed by atoms with E-state index in [9.17, 15) is 0 Å². The van der Waals surface area contributed by atoms with Crippen LogP contribution in [0.25, 0.3) is 0 Å². The van der Waals surface area contributed by atoms with Gasteiger partial charge in [-0.15, -0.1) is 0 Å². The van der Waals surface area contributed by atoms with E-state index in [1.54, 1.807) is 0 Å². The number of nitrogen functional groups attached to an aromatic ring is 1. The molecule has 2 N–H and O–H groups in total. The molecule has 1 aromatic carbocycles.